The molecular formula is C23H26N2O3. The van der Waals surface area contributed by atoms with Crippen LogP contribution in [0.5, 0.6) is 11.5 Å². The number of methoxy groups -OCH3 is 1. The summed E-state index contributed by atoms with van der Waals surface area (Å²) in [5.41, 5.74) is 2.59. The van der Waals surface area contributed by atoms with E-state index in [-0.39, 0.29) is 5.57 Å². The number of nitrogens with zero attached hydrogens (tertiary/aromatic N) is 1. The number of anilines is 1. The number of carbonyl (C=O) groups excluding carboxylic acids is 1. The van der Waals surface area contributed by atoms with E-state index in [1.165, 1.54) is 11.6 Å². The number of unbranched alkanes of at least 4 members (excludes halogenated alkanes) is 1. The number of benzene rings is 2. The molecule has 0 bridgehead atoms. The van der Waals surface area contributed by atoms with Crippen LogP contribution in [0.3, 0.4) is 0 Å². The van der Waals surface area contributed by atoms with Crippen molar-refractivity contribution in [2.75, 3.05) is 19.0 Å². The standard InChI is InChI=1S/C23H26N2O3/c1-4-6-7-17-8-11-20(12-9-17)25-23(26)19(16-24)14-18-10-13-21(28-5-2)22(15-18)27-3/h8-15H,4-7H2,1-3H3,(H,25,26)/b19-14+. The highest BCUT2D eigenvalue weighted by molar-refractivity contribution is 6.09. The zero-order valence-corrected chi connectivity index (χ0v) is 16.6. The Morgan fingerprint density at radius 2 is 1.89 bits per heavy atom. The molecular weight excluding hydrogens is 352 g/mol. The molecule has 0 aliphatic rings. The monoisotopic (exact) mass is 378 g/mol. The van der Waals surface area contributed by atoms with Gasteiger partial charge in [-0.3, -0.25) is 4.79 Å². The number of ether oxygens (including phenoxy) is 2. The molecule has 0 aliphatic carbocycles. The average molecular weight is 378 g/mol. The van der Waals surface area contributed by atoms with Gasteiger partial charge in [-0.05, 0) is 61.2 Å². The Labute approximate surface area is 166 Å². The molecule has 0 atom stereocenters. The maximum absolute atomic E-state index is 12.5. The third-order valence-electron chi connectivity index (χ3n) is 4.19. The fraction of sp³-hybridized carbons (Fsp3) is 0.304. The molecule has 0 heterocycles. The number of nitriles is 1. The van der Waals surface area contributed by atoms with Crippen molar-refractivity contribution in [3.8, 4) is 17.6 Å². The van der Waals surface area contributed by atoms with Crippen LogP contribution in [0.1, 0.15) is 37.8 Å². The summed E-state index contributed by atoms with van der Waals surface area (Å²) >= 11 is 0. The predicted octanol–water partition coefficient (Wildman–Crippen LogP) is 4.98. The molecule has 0 radical (unpaired) electrons. The SMILES string of the molecule is CCCCc1ccc(NC(=O)/C(C#N)=C/c2ccc(OCC)c(OC)c2)cc1. The minimum Gasteiger partial charge on any atom is -0.493 e. The van der Waals surface area contributed by atoms with Gasteiger partial charge in [0.15, 0.2) is 11.5 Å². The van der Waals surface area contributed by atoms with Crippen LogP contribution in [0.4, 0.5) is 5.69 Å². The van der Waals surface area contributed by atoms with Gasteiger partial charge in [0.1, 0.15) is 11.6 Å². The number of amides is 1. The summed E-state index contributed by atoms with van der Waals surface area (Å²) in [7, 11) is 1.55. The first kappa shape index (κ1) is 21.0. The lowest BCUT2D eigenvalue weighted by molar-refractivity contribution is -0.112. The van der Waals surface area contributed by atoms with Crippen molar-refractivity contribution >= 4 is 17.7 Å². The molecule has 2 aromatic rings. The van der Waals surface area contributed by atoms with Crippen LogP contribution in [-0.2, 0) is 11.2 Å². The van der Waals surface area contributed by atoms with E-state index < -0.39 is 5.91 Å². The van der Waals surface area contributed by atoms with Crippen LogP contribution in [0.25, 0.3) is 6.08 Å². The van der Waals surface area contributed by atoms with Gasteiger partial charge >= 0.3 is 0 Å². The summed E-state index contributed by atoms with van der Waals surface area (Å²) in [5.74, 6) is 0.723. The molecule has 0 saturated carbocycles. The van der Waals surface area contributed by atoms with Crippen molar-refractivity contribution in [1.82, 2.24) is 0 Å². The van der Waals surface area contributed by atoms with Crippen molar-refractivity contribution in [1.29, 1.82) is 5.26 Å². The van der Waals surface area contributed by atoms with Gasteiger partial charge < -0.3 is 14.8 Å². The predicted molar refractivity (Wildman–Crippen MR) is 111 cm³/mol. The third-order valence-corrected chi connectivity index (χ3v) is 4.19. The summed E-state index contributed by atoms with van der Waals surface area (Å²) in [6.07, 6.45) is 4.83. The quantitative estimate of drug-likeness (QED) is 0.493. The van der Waals surface area contributed by atoms with Crippen LogP contribution < -0.4 is 14.8 Å². The van der Waals surface area contributed by atoms with E-state index in [0.717, 1.165) is 19.3 Å². The van der Waals surface area contributed by atoms with Crippen LogP contribution in [0.2, 0.25) is 0 Å². The van der Waals surface area contributed by atoms with E-state index in [2.05, 4.69) is 12.2 Å². The Morgan fingerprint density at radius 1 is 1.14 bits per heavy atom. The summed E-state index contributed by atoms with van der Waals surface area (Å²) in [6.45, 7) is 4.57. The second-order valence-electron chi connectivity index (χ2n) is 6.27. The Kier molecular flexibility index (Phi) is 8.11. The minimum absolute atomic E-state index is 0.0151. The Balaban J connectivity index is 2.13. The summed E-state index contributed by atoms with van der Waals surface area (Å²) in [6, 6.07) is 15.0. The fourth-order valence-corrected chi connectivity index (χ4v) is 2.70. The van der Waals surface area contributed by atoms with Crippen LogP contribution in [0, 0.1) is 11.3 Å². The lowest BCUT2D eigenvalue weighted by Crippen LogP contribution is -2.13. The summed E-state index contributed by atoms with van der Waals surface area (Å²) in [5, 5.41) is 12.2. The Hall–Kier alpha value is -3.26. The fourth-order valence-electron chi connectivity index (χ4n) is 2.70. The average Bonchev–Trinajstić information content (AvgIpc) is 2.72. The van der Waals surface area contributed by atoms with Gasteiger partial charge in [0.25, 0.3) is 5.91 Å². The third kappa shape index (κ3) is 5.88. The first-order valence-electron chi connectivity index (χ1n) is 9.44. The van der Waals surface area contributed by atoms with E-state index in [4.69, 9.17) is 9.47 Å². The second kappa shape index (κ2) is 10.8. The minimum atomic E-state index is -0.448. The molecule has 28 heavy (non-hydrogen) atoms. The molecule has 2 rings (SSSR count). The highest BCUT2D eigenvalue weighted by Gasteiger charge is 2.11. The number of hydrogen-bond donors (Lipinski definition) is 1. The van der Waals surface area contributed by atoms with Gasteiger partial charge in [0.2, 0.25) is 0 Å². The molecule has 0 aromatic heterocycles. The van der Waals surface area contributed by atoms with Gasteiger partial charge in [-0.1, -0.05) is 31.5 Å². The highest BCUT2D eigenvalue weighted by Crippen LogP contribution is 2.29. The summed E-state index contributed by atoms with van der Waals surface area (Å²) in [4.78, 5) is 12.5. The van der Waals surface area contributed by atoms with E-state index >= 15 is 0 Å². The maximum atomic E-state index is 12.5. The molecule has 0 spiro atoms. The Morgan fingerprint density at radius 3 is 2.50 bits per heavy atom. The summed E-state index contributed by atoms with van der Waals surface area (Å²) < 4.78 is 10.8. The van der Waals surface area contributed by atoms with Crippen LogP contribution in [0.15, 0.2) is 48.0 Å². The van der Waals surface area contributed by atoms with Gasteiger partial charge in [-0.2, -0.15) is 5.26 Å². The Bertz CT molecular complexity index is 864. The largest absolute Gasteiger partial charge is 0.493 e. The van der Waals surface area contributed by atoms with Crippen molar-refractivity contribution in [3.63, 3.8) is 0 Å². The zero-order valence-electron chi connectivity index (χ0n) is 16.6. The molecule has 5 heteroatoms. The molecule has 0 fully saturated rings. The lowest BCUT2D eigenvalue weighted by atomic mass is 10.1. The van der Waals surface area contributed by atoms with E-state index in [1.807, 2.05) is 37.3 Å². The smallest absolute Gasteiger partial charge is 0.266 e. The lowest BCUT2D eigenvalue weighted by Gasteiger charge is -2.10. The van der Waals surface area contributed by atoms with Gasteiger partial charge in [-0.15, -0.1) is 0 Å². The molecule has 0 unspecified atom stereocenters. The molecule has 146 valence electrons. The second-order valence-corrected chi connectivity index (χ2v) is 6.27. The topological polar surface area (TPSA) is 71.4 Å². The highest BCUT2D eigenvalue weighted by atomic mass is 16.5. The van der Waals surface area contributed by atoms with Gasteiger partial charge in [0.05, 0.1) is 13.7 Å². The number of carbonyl (C=O) groups is 1. The van der Waals surface area contributed by atoms with Crippen molar-refractivity contribution in [2.45, 2.75) is 33.1 Å². The van der Waals surface area contributed by atoms with Gasteiger partial charge in [-0.25, -0.2) is 0 Å². The van der Waals surface area contributed by atoms with E-state index in [1.54, 1.807) is 25.3 Å². The van der Waals surface area contributed by atoms with Crippen LogP contribution in [-0.4, -0.2) is 19.6 Å². The number of aryl methyl sites for hydroxylation is 1. The molecule has 1 N–H and O–H groups in total. The zero-order chi connectivity index (χ0) is 20.4. The number of rotatable bonds is 9. The van der Waals surface area contributed by atoms with E-state index in [0.29, 0.717) is 29.4 Å². The first-order valence-corrected chi connectivity index (χ1v) is 9.44. The van der Waals surface area contributed by atoms with Crippen LogP contribution >= 0.6 is 0 Å². The maximum Gasteiger partial charge on any atom is 0.266 e. The van der Waals surface area contributed by atoms with Crippen molar-refractivity contribution in [2.24, 2.45) is 0 Å². The number of nitrogens with one attached hydrogen (secondary N) is 1. The molecule has 2 aromatic carbocycles. The number of hydrogen-bond acceptors (Lipinski definition) is 4. The van der Waals surface area contributed by atoms with Gasteiger partial charge in [0, 0.05) is 5.69 Å². The first-order chi connectivity index (χ1) is 13.6. The van der Waals surface area contributed by atoms with Crippen molar-refractivity contribution in [3.05, 3.63) is 59.2 Å². The molecule has 5 nitrogen and oxygen atoms in total. The normalized spacial score (nSPS) is 10.9. The van der Waals surface area contributed by atoms with E-state index in [9.17, 15) is 10.1 Å². The molecule has 0 saturated heterocycles. The van der Waals surface area contributed by atoms with Crippen molar-refractivity contribution < 1.29 is 14.3 Å². The molecule has 0 aliphatic heterocycles. The molecule has 1 amide bonds.